The fourth-order valence-electron chi connectivity index (χ4n) is 7.30. The molecule has 4 aromatic carbocycles. The van der Waals surface area contributed by atoms with E-state index in [1.807, 2.05) is 97.1 Å². The topological polar surface area (TPSA) is 90.9 Å². The van der Waals surface area contributed by atoms with E-state index in [1.165, 1.54) is 0 Å². The second-order valence-electron chi connectivity index (χ2n) is 13.3. The van der Waals surface area contributed by atoms with Crippen molar-refractivity contribution in [1.82, 2.24) is 19.9 Å². The molecule has 2 aliphatic heterocycles. The van der Waals surface area contributed by atoms with E-state index >= 15 is 0 Å². The van der Waals surface area contributed by atoms with Crippen molar-refractivity contribution in [1.29, 1.82) is 0 Å². The first-order valence-corrected chi connectivity index (χ1v) is 18.2. The van der Waals surface area contributed by atoms with Gasteiger partial charge in [-0.15, -0.1) is 22.1 Å². The van der Waals surface area contributed by atoms with Crippen LogP contribution in [0.5, 0.6) is 23.0 Å². The molecule has 0 saturated heterocycles. The molecule has 8 nitrogen and oxygen atoms in total. The van der Waals surface area contributed by atoms with E-state index < -0.39 is 0 Å². The summed E-state index contributed by atoms with van der Waals surface area (Å²) in [4.78, 5) is 21.4. The van der Waals surface area contributed by atoms with Crippen LogP contribution >= 0.6 is 0 Å². The molecule has 58 heavy (non-hydrogen) atoms. The van der Waals surface area contributed by atoms with Gasteiger partial charge in [-0.25, -0.2) is 9.97 Å². The molecule has 9 rings (SSSR count). The Hall–Kier alpha value is -6.51. The maximum Gasteiger partial charge on any atom is 0.118 e. The zero-order valence-corrected chi connectivity index (χ0v) is 33.9. The Bertz CT molecular complexity index is 2450. The average molecular weight is 824 g/mol. The third-order valence-electron chi connectivity index (χ3n) is 10.1. The van der Waals surface area contributed by atoms with Gasteiger partial charge < -0.3 is 41.3 Å². The standard InChI is InChI=1S/C48H36N4O4.ClH.Fe/c1-53-33-13-5-29(6-14-33)45-37-21-23-39(49-37)46(30-7-15-34(54-2)16-8-30)41-25-27-43(51-41)48(32-11-19-36(56-4)20-12-32)44-28-26-42(52-44)47(40-24-22-38(45)50-40)31-9-17-35(55-3)18-10-31;;/h5-28H,1-4H3;1H;/q-2;;/p-1. The van der Waals surface area contributed by atoms with Crippen molar-refractivity contribution in [3.05, 3.63) is 144 Å². The number of fused-ring (bicyclic) bond motifs is 8. The second kappa shape index (κ2) is 16.9. The summed E-state index contributed by atoms with van der Waals surface area (Å²) in [5.41, 5.74) is 13.7. The summed E-state index contributed by atoms with van der Waals surface area (Å²) in [5, 5.41) is 0. The van der Waals surface area contributed by atoms with Crippen LogP contribution < -0.4 is 41.3 Å². The first-order valence-electron chi connectivity index (χ1n) is 18.2. The first-order chi connectivity index (χ1) is 27.5. The maximum atomic E-state index is 5.52. The quantitative estimate of drug-likeness (QED) is 0.145. The van der Waals surface area contributed by atoms with Crippen molar-refractivity contribution < 1.29 is 48.4 Å². The van der Waals surface area contributed by atoms with Crippen molar-refractivity contribution in [2.24, 2.45) is 0 Å². The van der Waals surface area contributed by atoms with E-state index in [9.17, 15) is 0 Å². The molecule has 8 bridgehead atoms. The summed E-state index contributed by atoms with van der Waals surface area (Å²) in [6.45, 7) is 0. The molecule has 0 fully saturated rings. The molecule has 0 spiro atoms. The van der Waals surface area contributed by atoms with Crippen LogP contribution in [0.15, 0.2) is 121 Å². The monoisotopic (exact) mass is 823 g/mol. The van der Waals surface area contributed by atoms with Crippen LogP contribution in [0.1, 0.15) is 22.8 Å². The number of aromatic nitrogens is 4. The molecule has 2 aliphatic rings. The van der Waals surface area contributed by atoms with Gasteiger partial charge in [-0.2, -0.15) is 0 Å². The van der Waals surface area contributed by atoms with E-state index in [4.69, 9.17) is 38.9 Å². The van der Waals surface area contributed by atoms with Gasteiger partial charge in [-0.05, 0) is 117 Å². The molecule has 7 aromatic rings. The van der Waals surface area contributed by atoms with Crippen LogP contribution in [0, 0.1) is 0 Å². The Morgan fingerprint density at radius 1 is 0.328 bits per heavy atom. The van der Waals surface area contributed by atoms with E-state index in [0.29, 0.717) is 0 Å². The first kappa shape index (κ1) is 39.7. The summed E-state index contributed by atoms with van der Waals surface area (Å²) in [6, 6.07) is 40.3. The van der Waals surface area contributed by atoms with Gasteiger partial charge in [-0.1, -0.05) is 72.8 Å². The van der Waals surface area contributed by atoms with Crippen molar-refractivity contribution in [2.45, 2.75) is 0 Å². The van der Waals surface area contributed by atoms with Gasteiger partial charge in [0.25, 0.3) is 0 Å². The minimum Gasteiger partial charge on any atom is -1.00 e. The van der Waals surface area contributed by atoms with Crippen molar-refractivity contribution in [2.75, 3.05) is 28.4 Å². The fraction of sp³-hybridized carbons (Fsp3) is 0.0833. The van der Waals surface area contributed by atoms with E-state index in [2.05, 4.69) is 48.6 Å². The molecule has 0 aliphatic carbocycles. The number of rotatable bonds is 8. The van der Waals surface area contributed by atoms with Gasteiger partial charge in [0.15, 0.2) is 0 Å². The predicted molar refractivity (Wildman–Crippen MR) is 225 cm³/mol. The van der Waals surface area contributed by atoms with E-state index in [-0.39, 0.29) is 29.5 Å². The molecule has 3 aromatic heterocycles. The molecule has 0 amide bonds. The summed E-state index contributed by atoms with van der Waals surface area (Å²) in [5.74, 6) is 3.06. The molecule has 0 radical (unpaired) electrons. The number of hydrogen-bond acceptors (Lipinski definition) is 6. The number of benzene rings is 4. The van der Waals surface area contributed by atoms with Crippen molar-refractivity contribution in [3.63, 3.8) is 0 Å². The van der Waals surface area contributed by atoms with Crippen LogP contribution in [0.2, 0.25) is 0 Å². The Morgan fingerprint density at radius 2 is 0.534 bits per heavy atom. The summed E-state index contributed by atoms with van der Waals surface area (Å²) in [7, 11) is 6.67. The van der Waals surface area contributed by atoms with Gasteiger partial charge in [0.1, 0.15) is 23.0 Å². The Balaban J connectivity index is 0.00000256. The predicted octanol–water partition coefficient (Wildman–Crippen LogP) is 7.62. The Labute approximate surface area is 353 Å². The normalized spacial score (nSPS) is 11.4. The molecule has 10 heteroatoms. The average Bonchev–Trinajstić information content (AvgIpc) is 4.10. The molecule has 0 saturated carbocycles. The van der Waals surface area contributed by atoms with Crippen LogP contribution in [0.4, 0.5) is 0 Å². The SMILES string of the molecule is COc1ccc(-c2c3nc(c(-c4ccc(OC)cc4)c4ccc([n-]4)c(-c4ccc(OC)cc4)c4nc(c(-c5ccc(OC)cc5)c5ccc2[n-]5)C=C4)C=C3)cc1.[Cl-].[Fe]. The van der Waals surface area contributed by atoms with Crippen LogP contribution in [-0.4, -0.2) is 38.4 Å². The molecule has 290 valence electrons. The zero-order valence-electron chi connectivity index (χ0n) is 32.0. The number of ether oxygens (including phenoxy) is 4. The second-order valence-corrected chi connectivity index (χ2v) is 13.3. The van der Waals surface area contributed by atoms with Crippen LogP contribution in [0.25, 0.3) is 90.9 Å². The van der Waals surface area contributed by atoms with Crippen LogP contribution in [-0.2, 0) is 17.1 Å². The smallest absolute Gasteiger partial charge is 0.118 e. The summed E-state index contributed by atoms with van der Waals surface area (Å²) < 4.78 is 22.1. The largest absolute Gasteiger partial charge is 1.00 e. The Kier molecular flexibility index (Phi) is 11.6. The Morgan fingerprint density at radius 3 is 0.724 bits per heavy atom. The van der Waals surface area contributed by atoms with Gasteiger partial charge in [0.05, 0.1) is 51.2 Å². The third-order valence-corrected chi connectivity index (χ3v) is 10.1. The van der Waals surface area contributed by atoms with Crippen molar-refractivity contribution in [3.8, 4) is 67.5 Å². The van der Waals surface area contributed by atoms with Gasteiger partial charge in [-0.3, -0.25) is 0 Å². The van der Waals surface area contributed by atoms with Gasteiger partial charge in [0, 0.05) is 17.1 Å². The van der Waals surface area contributed by atoms with Crippen LogP contribution in [0.3, 0.4) is 0 Å². The number of halogens is 1. The molecule has 0 N–H and O–H groups in total. The number of nitrogens with zero attached hydrogens (tertiary/aromatic N) is 4. The minimum absolute atomic E-state index is 0. The number of hydrogen-bond donors (Lipinski definition) is 0. The number of methoxy groups -OCH3 is 4. The summed E-state index contributed by atoms with van der Waals surface area (Å²) in [6.07, 6.45) is 8.23. The fourth-order valence-corrected chi connectivity index (χ4v) is 7.30. The maximum absolute atomic E-state index is 5.52. The van der Waals surface area contributed by atoms with Gasteiger partial charge >= 0.3 is 0 Å². The van der Waals surface area contributed by atoms with E-state index in [0.717, 1.165) is 112 Å². The zero-order chi connectivity index (χ0) is 38.2. The molecular weight excluding hydrogens is 788 g/mol. The van der Waals surface area contributed by atoms with E-state index in [1.54, 1.807) is 28.4 Å². The molecular formula is C48H36ClFeN4O4-3. The molecule has 5 heterocycles. The minimum atomic E-state index is 0. The van der Waals surface area contributed by atoms with Gasteiger partial charge in [0.2, 0.25) is 0 Å². The summed E-state index contributed by atoms with van der Waals surface area (Å²) >= 11 is 0. The molecule has 0 atom stereocenters. The van der Waals surface area contributed by atoms with Crippen molar-refractivity contribution >= 4 is 46.4 Å². The third kappa shape index (κ3) is 7.39. The molecule has 0 unspecified atom stereocenters.